The van der Waals surface area contributed by atoms with Crippen LogP contribution < -0.4 is 14.2 Å². The number of pyridine rings is 1. The van der Waals surface area contributed by atoms with E-state index >= 15 is 0 Å². The van der Waals surface area contributed by atoms with Gasteiger partial charge in [0.15, 0.2) is 11.6 Å². The fourth-order valence-corrected chi connectivity index (χ4v) is 4.63. The van der Waals surface area contributed by atoms with Crippen molar-refractivity contribution in [2.24, 2.45) is 0 Å². The molecule has 0 radical (unpaired) electrons. The average molecular weight is 497 g/mol. The SMILES string of the molecule is CCOC(=O)c1cnn(-c2cc(C)c3cccc(OC)c3n2)c1NS(=O)(=O)c1ccc(OC)cc1. The van der Waals surface area contributed by atoms with Crippen LogP contribution in [-0.4, -0.2) is 50.0 Å². The summed E-state index contributed by atoms with van der Waals surface area (Å²) in [5.41, 5.74) is 1.38. The molecule has 35 heavy (non-hydrogen) atoms. The van der Waals surface area contributed by atoms with Crippen molar-refractivity contribution in [3.05, 3.63) is 65.9 Å². The predicted octanol–water partition coefficient (Wildman–Crippen LogP) is 3.72. The van der Waals surface area contributed by atoms with Crippen LogP contribution in [0.25, 0.3) is 16.7 Å². The van der Waals surface area contributed by atoms with Gasteiger partial charge in [-0.1, -0.05) is 12.1 Å². The van der Waals surface area contributed by atoms with Crippen LogP contribution in [0.1, 0.15) is 22.8 Å². The maximum Gasteiger partial charge on any atom is 0.343 e. The van der Waals surface area contributed by atoms with Gasteiger partial charge in [0.25, 0.3) is 10.0 Å². The third-order valence-corrected chi connectivity index (χ3v) is 6.65. The van der Waals surface area contributed by atoms with Gasteiger partial charge >= 0.3 is 5.97 Å². The molecule has 10 nitrogen and oxygen atoms in total. The quantitative estimate of drug-likeness (QED) is 0.366. The second kappa shape index (κ2) is 9.63. The molecule has 0 aliphatic rings. The summed E-state index contributed by atoms with van der Waals surface area (Å²) in [6.45, 7) is 3.66. The summed E-state index contributed by atoms with van der Waals surface area (Å²) in [5.74, 6) is 0.528. The number of aromatic nitrogens is 3. The van der Waals surface area contributed by atoms with E-state index in [1.54, 1.807) is 26.2 Å². The van der Waals surface area contributed by atoms with Gasteiger partial charge in [0.05, 0.1) is 31.9 Å². The van der Waals surface area contributed by atoms with E-state index in [0.29, 0.717) is 22.8 Å². The Balaban J connectivity index is 1.87. The van der Waals surface area contributed by atoms with Crippen molar-refractivity contribution in [1.82, 2.24) is 14.8 Å². The number of esters is 1. The molecule has 0 bridgehead atoms. The number of fused-ring (bicyclic) bond motifs is 1. The average Bonchev–Trinajstić information content (AvgIpc) is 3.26. The molecule has 0 atom stereocenters. The first-order valence-corrected chi connectivity index (χ1v) is 12.1. The first-order chi connectivity index (χ1) is 16.8. The lowest BCUT2D eigenvalue weighted by molar-refractivity contribution is 0.0527. The standard InChI is InChI=1S/C24H24N4O6S/c1-5-34-24(29)19-14-25-28(21-13-15(2)18-7-6-8-20(33-4)22(18)26-21)23(19)27-35(30,31)17-11-9-16(32-3)10-12-17/h6-14,27H,5H2,1-4H3. The van der Waals surface area contributed by atoms with E-state index in [0.717, 1.165) is 10.9 Å². The number of methoxy groups -OCH3 is 2. The maximum absolute atomic E-state index is 13.2. The van der Waals surface area contributed by atoms with Crippen LogP contribution in [0, 0.1) is 6.92 Å². The molecule has 2 heterocycles. The zero-order valence-corrected chi connectivity index (χ0v) is 20.4. The highest BCUT2D eigenvalue weighted by Crippen LogP contribution is 2.30. The molecule has 0 spiro atoms. The summed E-state index contributed by atoms with van der Waals surface area (Å²) in [6, 6.07) is 13.1. The number of hydrogen-bond acceptors (Lipinski definition) is 8. The minimum absolute atomic E-state index is 0.0230. The van der Waals surface area contributed by atoms with E-state index in [4.69, 9.17) is 14.2 Å². The number of rotatable bonds is 8. The van der Waals surface area contributed by atoms with Crippen LogP contribution >= 0.6 is 0 Å². The molecule has 2 aromatic carbocycles. The molecule has 0 fully saturated rings. The number of carbonyl (C=O) groups excluding carboxylic acids is 1. The van der Waals surface area contributed by atoms with Gasteiger partial charge in [-0.25, -0.2) is 18.2 Å². The zero-order valence-electron chi connectivity index (χ0n) is 19.6. The van der Waals surface area contributed by atoms with Gasteiger partial charge in [-0.05, 0) is 55.8 Å². The molecule has 0 aliphatic heterocycles. The van der Waals surface area contributed by atoms with Crippen molar-refractivity contribution in [3.63, 3.8) is 0 Å². The van der Waals surface area contributed by atoms with Gasteiger partial charge < -0.3 is 14.2 Å². The van der Waals surface area contributed by atoms with E-state index in [1.165, 1.54) is 42.3 Å². The summed E-state index contributed by atoms with van der Waals surface area (Å²) < 4.78 is 45.8. The highest BCUT2D eigenvalue weighted by Gasteiger charge is 2.26. The predicted molar refractivity (Wildman–Crippen MR) is 130 cm³/mol. The van der Waals surface area contributed by atoms with Gasteiger partial charge in [-0.3, -0.25) is 4.72 Å². The number of para-hydroxylation sites is 1. The first kappa shape index (κ1) is 24.0. The lowest BCUT2D eigenvalue weighted by Gasteiger charge is -2.14. The monoisotopic (exact) mass is 496 g/mol. The topological polar surface area (TPSA) is 122 Å². The van der Waals surface area contributed by atoms with Crippen LogP contribution in [0.5, 0.6) is 11.5 Å². The molecule has 0 aliphatic carbocycles. The van der Waals surface area contributed by atoms with Gasteiger partial charge in [-0.15, -0.1) is 0 Å². The van der Waals surface area contributed by atoms with E-state index in [2.05, 4.69) is 14.8 Å². The number of hydrogen-bond donors (Lipinski definition) is 1. The minimum atomic E-state index is -4.10. The molecule has 2 aromatic heterocycles. The molecule has 0 saturated carbocycles. The second-order valence-electron chi connectivity index (χ2n) is 7.47. The normalized spacial score (nSPS) is 11.3. The van der Waals surface area contributed by atoms with Crippen molar-refractivity contribution >= 4 is 32.7 Å². The van der Waals surface area contributed by atoms with E-state index in [-0.39, 0.29) is 22.9 Å². The highest BCUT2D eigenvalue weighted by atomic mass is 32.2. The fraction of sp³-hybridized carbons (Fsp3) is 0.208. The number of nitrogens with one attached hydrogen (secondary N) is 1. The number of sulfonamides is 1. The Morgan fingerprint density at radius 3 is 2.49 bits per heavy atom. The number of nitrogens with zero attached hydrogens (tertiary/aromatic N) is 3. The molecule has 1 N–H and O–H groups in total. The molecule has 4 rings (SSSR count). The van der Waals surface area contributed by atoms with Crippen LogP contribution in [-0.2, 0) is 14.8 Å². The smallest absolute Gasteiger partial charge is 0.343 e. The van der Waals surface area contributed by atoms with E-state index < -0.39 is 16.0 Å². The summed E-state index contributed by atoms with van der Waals surface area (Å²) >= 11 is 0. The summed E-state index contributed by atoms with van der Waals surface area (Å²) in [5, 5.41) is 5.13. The maximum atomic E-state index is 13.2. The summed E-state index contributed by atoms with van der Waals surface area (Å²) in [4.78, 5) is 17.3. The van der Waals surface area contributed by atoms with Crippen molar-refractivity contribution in [1.29, 1.82) is 0 Å². The molecule has 0 unspecified atom stereocenters. The minimum Gasteiger partial charge on any atom is -0.497 e. The zero-order chi connectivity index (χ0) is 25.2. The Bertz CT molecular complexity index is 1500. The largest absolute Gasteiger partial charge is 0.497 e. The van der Waals surface area contributed by atoms with E-state index in [9.17, 15) is 13.2 Å². The molecule has 0 amide bonds. The second-order valence-corrected chi connectivity index (χ2v) is 9.16. The van der Waals surface area contributed by atoms with Crippen molar-refractivity contribution in [3.8, 4) is 17.3 Å². The number of ether oxygens (including phenoxy) is 3. The summed E-state index contributed by atoms with van der Waals surface area (Å²) in [7, 11) is -1.07. The number of aryl methyl sites for hydroxylation is 1. The third-order valence-electron chi connectivity index (χ3n) is 5.30. The Morgan fingerprint density at radius 1 is 1.09 bits per heavy atom. The molecule has 4 aromatic rings. The number of benzene rings is 2. The molecular formula is C24H24N4O6S. The van der Waals surface area contributed by atoms with Gasteiger partial charge in [0.2, 0.25) is 0 Å². The number of carbonyl (C=O) groups is 1. The van der Waals surface area contributed by atoms with Crippen LogP contribution in [0.4, 0.5) is 5.82 Å². The van der Waals surface area contributed by atoms with Crippen molar-refractivity contribution < 1.29 is 27.4 Å². The molecule has 182 valence electrons. The van der Waals surface area contributed by atoms with Gasteiger partial charge in [0, 0.05) is 5.39 Å². The van der Waals surface area contributed by atoms with Crippen LogP contribution in [0.2, 0.25) is 0 Å². The summed E-state index contributed by atoms with van der Waals surface area (Å²) in [6.07, 6.45) is 1.24. The van der Waals surface area contributed by atoms with E-state index in [1.807, 2.05) is 19.1 Å². The van der Waals surface area contributed by atoms with Crippen LogP contribution in [0.15, 0.2) is 59.6 Å². The lowest BCUT2D eigenvalue weighted by Crippen LogP contribution is -2.19. The van der Waals surface area contributed by atoms with Crippen molar-refractivity contribution in [2.45, 2.75) is 18.7 Å². The third kappa shape index (κ3) is 4.62. The van der Waals surface area contributed by atoms with Gasteiger partial charge in [0.1, 0.15) is 22.6 Å². The first-order valence-electron chi connectivity index (χ1n) is 10.7. The Labute approximate surface area is 202 Å². The van der Waals surface area contributed by atoms with Crippen LogP contribution in [0.3, 0.4) is 0 Å². The Kier molecular flexibility index (Phi) is 6.61. The lowest BCUT2D eigenvalue weighted by atomic mass is 10.1. The molecular weight excluding hydrogens is 472 g/mol. The highest BCUT2D eigenvalue weighted by molar-refractivity contribution is 7.92. The Morgan fingerprint density at radius 2 is 1.83 bits per heavy atom. The van der Waals surface area contributed by atoms with Gasteiger partial charge in [-0.2, -0.15) is 9.78 Å². The fourth-order valence-electron chi connectivity index (χ4n) is 3.57. The number of anilines is 1. The molecule has 11 heteroatoms. The molecule has 0 saturated heterocycles. The van der Waals surface area contributed by atoms with Crippen molar-refractivity contribution in [2.75, 3.05) is 25.5 Å². The Hall–Kier alpha value is -4.12.